The molecule has 0 saturated heterocycles. The molecule has 2 amide bonds. The minimum absolute atomic E-state index is 0.0546. The molecule has 0 spiro atoms. The number of aryl methyl sites for hydroxylation is 1. The highest BCUT2D eigenvalue weighted by molar-refractivity contribution is 6.07. The smallest absolute Gasteiger partial charge is 0.274 e. The molecule has 8 heteroatoms. The third-order valence-corrected chi connectivity index (χ3v) is 2.75. The van der Waals surface area contributed by atoms with Crippen LogP contribution in [0.1, 0.15) is 33.1 Å². The molecule has 22 heavy (non-hydrogen) atoms. The second-order valence-electron chi connectivity index (χ2n) is 4.43. The average molecular weight is 298 g/mol. The number of anilines is 1. The Balaban J connectivity index is 2.08. The van der Waals surface area contributed by atoms with Crippen molar-refractivity contribution >= 4 is 17.5 Å². The second-order valence-corrected chi connectivity index (χ2v) is 4.43. The molecular formula is C14H14N6O2. The number of amides is 2. The molecule has 2 aromatic rings. The number of nitriles is 1. The number of carbonyl (C=O) groups excluding carboxylic acids is 2. The van der Waals surface area contributed by atoms with Gasteiger partial charge in [0.05, 0.1) is 18.2 Å². The van der Waals surface area contributed by atoms with Crippen LogP contribution in [0, 0.1) is 18.3 Å². The standard InChI is InChI=1S/C14H14N6O2/c1-9-4-2-5-10(18-9)13(21)19-11-8-17-20-12(11)14(22)16-7-3-6-15/h2,4-5,8H,3,7H2,1H3,(H,16,22)(H,17,20)(H,19,21). The Bertz CT molecular complexity index is 731. The van der Waals surface area contributed by atoms with E-state index in [9.17, 15) is 9.59 Å². The summed E-state index contributed by atoms with van der Waals surface area (Å²) in [7, 11) is 0. The van der Waals surface area contributed by atoms with E-state index in [0.29, 0.717) is 5.69 Å². The largest absolute Gasteiger partial charge is 0.350 e. The van der Waals surface area contributed by atoms with Gasteiger partial charge in [-0.3, -0.25) is 14.7 Å². The van der Waals surface area contributed by atoms with Gasteiger partial charge in [0.1, 0.15) is 5.69 Å². The Morgan fingerprint density at radius 1 is 1.36 bits per heavy atom. The lowest BCUT2D eigenvalue weighted by molar-refractivity contribution is 0.0950. The number of rotatable bonds is 5. The number of nitrogens with one attached hydrogen (secondary N) is 3. The molecule has 0 saturated carbocycles. The molecule has 0 unspecified atom stereocenters. The summed E-state index contributed by atoms with van der Waals surface area (Å²) in [5.41, 5.74) is 1.27. The third kappa shape index (κ3) is 3.67. The Morgan fingerprint density at radius 3 is 2.91 bits per heavy atom. The van der Waals surface area contributed by atoms with Gasteiger partial charge in [0.15, 0.2) is 5.69 Å². The zero-order valence-corrected chi connectivity index (χ0v) is 11.9. The Morgan fingerprint density at radius 2 is 2.18 bits per heavy atom. The molecule has 0 aliphatic carbocycles. The van der Waals surface area contributed by atoms with E-state index in [2.05, 4.69) is 25.8 Å². The lowest BCUT2D eigenvalue weighted by Gasteiger charge is -2.05. The highest BCUT2D eigenvalue weighted by Crippen LogP contribution is 2.13. The van der Waals surface area contributed by atoms with E-state index in [4.69, 9.17) is 5.26 Å². The first-order valence-corrected chi connectivity index (χ1v) is 6.55. The van der Waals surface area contributed by atoms with Crippen molar-refractivity contribution < 1.29 is 9.59 Å². The molecule has 112 valence electrons. The van der Waals surface area contributed by atoms with Crippen LogP contribution in [0.25, 0.3) is 0 Å². The molecule has 0 aliphatic heterocycles. The van der Waals surface area contributed by atoms with Crippen molar-refractivity contribution in [1.29, 1.82) is 5.26 Å². The summed E-state index contributed by atoms with van der Waals surface area (Å²) >= 11 is 0. The van der Waals surface area contributed by atoms with E-state index < -0.39 is 11.8 Å². The van der Waals surface area contributed by atoms with E-state index in [1.807, 2.05) is 6.07 Å². The zero-order valence-electron chi connectivity index (χ0n) is 11.9. The van der Waals surface area contributed by atoms with Crippen LogP contribution in [0.5, 0.6) is 0 Å². The fourth-order valence-corrected chi connectivity index (χ4v) is 1.73. The monoisotopic (exact) mass is 298 g/mol. The van der Waals surface area contributed by atoms with Crippen LogP contribution in [0.4, 0.5) is 5.69 Å². The van der Waals surface area contributed by atoms with E-state index in [0.717, 1.165) is 0 Å². The summed E-state index contributed by atoms with van der Waals surface area (Å²) in [5.74, 6) is -0.903. The molecule has 2 rings (SSSR count). The summed E-state index contributed by atoms with van der Waals surface area (Å²) < 4.78 is 0. The number of pyridine rings is 1. The van der Waals surface area contributed by atoms with Crippen LogP contribution in [-0.2, 0) is 0 Å². The second kappa shape index (κ2) is 6.99. The lowest BCUT2D eigenvalue weighted by atomic mass is 10.2. The van der Waals surface area contributed by atoms with Crippen molar-refractivity contribution in [3.05, 3.63) is 41.5 Å². The molecule has 0 aliphatic rings. The van der Waals surface area contributed by atoms with E-state index in [1.54, 1.807) is 25.1 Å². The van der Waals surface area contributed by atoms with Gasteiger partial charge in [0.25, 0.3) is 11.8 Å². The van der Waals surface area contributed by atoms with Gasteiger partial charge in [-0.05, 0) is 19.1 Å². The minimum atomic E-state index is -0.469. The number of hydrogen-bond acceptors (Lipinski definition) is 5. The van der Waals surface area contributed by atoms with Crippen LogP contribution in [-0.4, -0.2) is 33.5 Å². The number of nitrogens with zero attached hydrogens (tertiary/aromatic N) is 3. The van der Waals surface area contributed by atoms with Crippen LogP contribution in [0.3, 0.4) is 0 Å². The average Bonchev–Trinajstić information content (AvgIpc) is 2.95. The van der Waals surface area contributed by atoms with Gasteiger partial charge in [0, 0.05) is 18.4 Å². The van der Waals surface area contributed by atoms with Crippen molar-refractivity contribution in [2.24, 2.45) is 0 Å². The first-order chi connectivity index (χ1) is 10.6. The van der Waals surface area contributed by atoms with Gasteiger partial charge in [0.2, 0.25) is 0 Å². The fraction of sp³-hybridized carbons (Fsp3) is 0.214. The zero-order chi connectivity index (χ0) is 15.9. The van der Waals surface area contributed by atoms with Crippen molar-refractivity contribution in [2.45, 2.75) is 13.3 Å². The first-order valence-electron chi connectivity index (χ1n) is 6.55. The molecule has 0 radical (unpaired) electrons. The first kappa shape index (κ1) is 15.2. The predicted molar refractivity (Wildman–Crippen MR) is 78.1 cm³/mol. The van der Waals surface area contributed by atoms with Crippen LogP contribution < -0.4 is 10.6 Å². The van der Waals surface area contributed by atoms with E-state index >= 15 is 0 Å². The fourth-order valence-electron chi connectivity index (χ4n) is 1.73. The van der Waals surface area contributed by atoms with Crippen LogP contribution in [0.15, 0.2) is 24.4 Å². The van der Waals surface area contributed by atoms with Crippen molar-refractivity contribution in [3.63, 3.8) is 0 Å². The predicted octanol–water partition coefficient (Wildman–Crippen LogP) is 1.01. The van der Waals surface area contributed by atoms with Crippen LogP contribution in [0.2, 0.25) is 0 Å². The number of carbonyl (C=O) groups is 2. The molecule has 0 atom stereocenters. The van der Waals surface area contributed by atoms with Crippen molar-refractivity contribution in [2.75, 3.05) is 11.9 Å². The topological polar surface area (TPSA) is 124 Å². The highest BCUT2D eigenvalue weighted by Gasteiger charge is 2.17. The summed E-state index contributed by atoms with van der Waals surface area (Å²) in [4.78, 5) is 28.1. The lowest BCUT2D eigenvalue weighted by Crippen LogP contribution is -2.26. The van der Waals surface area contributed by atoms with Crippen molar-refractivity contribution in [1.82, 2.24) is 20.5 Å². The highest BCUT2D eigenvalue weighted by atomic mass is 16.2. The van der Waals surface area contributed by atoms with Gasteiger partial charge in [-0.2, -0.15) is 10.4 Å². The van der Waals surface area contributed by atoms with Gasteiger partial charge < -0.3 is 10.6 Å². The molecule has 3 N–H and O–H groups in total. The molecule has 8 nitrogen and oxygen atoms in total. The SMILES string of the molecule is Cc1cccc(C(=O)Nc2c[nH]nc2C(=O)NCCC#N)n1. The maximum atomic E-state index is 12.1. The molecule has 0 aromatic carbocycles. The summed E-state index contributed by atoms with van der Waals surface area (Å²) in [5, 5.41) is 19.9. The molecule has 0 bridgehead atoms. The minimum Gasteiger partial charge on any atom is -0.350 e. The Labute approximate surface area is 126 Å². The number of aromatic nitrogens is 3. The maximum absolute atomic E-state index is 12.1. The Kier molecular flexibility index (Phi) is 4.82. The van der Waals surface area contributed by atoms with E-state index in [-0.39, 0.29) is 30.0 Å². The quantitative estimate of drug-likeness (QED) is 0.711. The Hall–Kier alpha value is -3.21. The van der Waals surface area contributed by atoms with Gasteiger partial charge >= 0.3 is 0 Å². The molecular weight excluding hydrogens is 284 g/mol. The van der Waals surface area contributed by atoms with Gasteiger partial charge in [-0.25, -0.2) is 4.98 Å². The molecule has 2 aromatic heterocycles. The number of hydrogen-bond donors (Lipinski definition) is 3. The third-order valence-electron chi connectivity index (χ3n) is 2.75. The maximum Gasteiger partial charge on any atom is 0.274 e. The number of H-pyrrole nitrogens is 1. The van der Waals surface area contributed by atoms with Crippen molar-refractivity contribution in [3.8, 4) is 6.07 Å². The summed E-state index contributed by atoms with van der Waals surface area (Å²) in [6.45, 7) is 2.00. The summed E-state index contributed by atoms with van der Waals surface area (Å²) in [6.07, 6.45) is 1.61. The van der Waals surface area contributed by atoms with Crippen LogP contribution >= 0.6 is 0 Å². The van der Waals surface area contributed by atoms with Gasteiger partial charge in [-0.1, -0.05) is 6.07 Å². The van der Waals surface area contributed by atoms with Gasteiger partial charge in [-0.15, -0.1) is 0 Å². The number of aromatic amines is 1. The summed E-state index contributed by atoms with van der Waals surface area (Å²) in [6, 6.07) is 7.00. The molecule has 0 fully saturated rings. The normalized spacial score (nSPS) is 9.82. The molecule has 2 heterocycles. The van der Waals surface area contributed by atoms with E-state index in [1.165, 1.54) is 6.20 Å².